The van der Waals surface area contributed by atoms with Crippen LogP contribution in [-0.4, -0.2) is 26.0 Å². The Balaban J connectivity index is 1.74. The zero-order chi connectivity index (χ0) is 13.1. The van der Waals surface area contributed by atoms with E-state index < -0.39 is 0 Å². The van der Waals surface area contributed by atoms with Gasteiger partial charge in [-0.1, -0.05) is 12.1 Å². The smallest absolute Gasteiger partial charge is 0.177 e. The third kappa shape index (κ3) is 2.87. The standard InChI is InChI=1S/C12H9IN6/c13-10-3-1-2-9(6-10)7-14-16-11-4-5-12-17-15-8-19(12)18-11/h1-8H,(H,16,18). The Bertz CT molecular complexity index is 736. The highest BCUT2D eigenvalue weighted by Crippen LogP contribution is 2.07. The van der Waals surface area contributed by atoms with Gasteiger partial charge in [-0.15, -0.1) is 15.3 Å². The number of hydrazone groups is 1. The number of hydrogen-bond acceptors (Lipinski definition) is 5. The van der Waals surface area contributed by atoms with E-state index in [1.54, 1.807) is 23.1 Å². The van der Waals surface area contributed by atoms with Crippen molar-refractivity contribution in [3.05, 3.63) is 51.9 Å². The molecular weight excluding hydrogens is 355 g/mol. The number of anilines is 1. The maximum absolute atomic E-state index is 4.25. The van der Waals surface area contributed by atoms with Crippen molar-refractivity contribution < 1.29 is 0 Å². The van der Waals surface area contributed by atoms with Gasteiger partial charge in [-0.3, -0.25) is 5.43 Å². The summed E-state index contributed by atoms with van der Waals surface area (Å²) in [4.78, 5) is 0. The summed E-state index contributed by atoms with van der Waals surface area (Å²) in [6, 6.07) is 11.7. The molecule has 3 aromatic rings. The first-order valence-electron chi connectivity index (χ1n) is 5.53. The van der Waals surface area contributed by atoms with Gasteiger partial charge in [0.1, 0.15) is 6.33 Å². The first kappa shape index (κ1) is 12.0. The average molecular weight is 364 g/mol. The lowest BCUT2D eigenvalue weighted by atomic mass is 10.2. The predicted molar refractivity (Wildman–Crippen MR) is 81.2 cm³/mol. The largest absolute Gasteiger partial charge is 0.260 e. The van der Waals surface area contributed by atoms with E-state index in [2.05, 4.69) is 48.4 Å². The number of hydrogen-bond donors (Lipinski definition) is 1. The number of aromatic nitrogens is 4. The van der Waals surface area contributed by atoms with E-state index in [4.69, 9.17) is 0 Å². The van der Waals surface area contributed by atoms with Crippen molar-refractivity contribution in [1.29, 1.82) is 0 Å². The van der Waals surface area contributed by atoms with E-state index >= 15 is 0 Å². The van der Waals surface area contributed by atoms with Crippen LogP contribution in [0.2, 0.25) is 0 Å². The van der Waals surface area contributed by atoms with Gasteiger partial charge in [0.2, 0.25) is 0 Å². The fourth-order valence-electron chi connectivity index (χ4n) is 1.55. The molecule has 0 saturated heterocycles. The van der Waals surface area contributed by atoms with Crippen LogP contribution in [0.5, 0.6) is 0 Å². The molecule has 0 aliphatic rings. The fraction of sp³-hybridized carbons (Fsp3) is 0. The summed E-state index contributed by atoms with van der Waals surface area (Å²) in [7, 11) is 0. The summed E-state index contributed by atoms with van der Waals surface area (Å²) in [5, 5.41) is 16.0. The summed E-state index contributed by atoms with van der Waals surface area (Å²) >= 11 is 2.27. The number of fused-ring (bicyclic) bond motifs is 1. The van der Waals surface area contributed by atoms with Crippen LogP contribution in [0, 0.1) is 3.57 Å². The molecule has 19 heavy (non-hydrogen) atoms. The monoisotopic (exact) mass is 364 g/mol. The van der Waals surface area contributed by atoms with Gasteiger partial charge in [0, 0.05) is 3.57 Å². The number of rotatable bonds is 3. The molecule has 0 radical (unpaired) electrons. The lowest BCUT2D eigenvalue weighted by Gasteiger charge is -1.99. The molecule has 0 aliphatic heterocycles. The van der Waals surface area contributed by atoms with Gasteiger partial charge >= 0.3 is 0 Å². The fourth-order valence-corrected chi connectivity index (χ4v) is 2.12. The van der Waals surface area contributed by atoms with Crippen LogP contribution in [-0.2, 0) is 0 Å². The molecule has 6 nitrogen and oxygen atoms in total. The minimum Gasteiger partial charge on any atom is -0.260 e. The van der Waals surface area contributed by atoms with Gasteiger partial charge in [0.15, 0.2) is 11.5 Å². The predicted octanol–water partition coefficient (Wildman–Crippen LogP) is 2.17. The molecule has 2 heterocycles. The Labute approximate surface area is 122 Å². The molecule has 0 fully saturated rings. The molecular formula is C12H9IN6. The topological polar surface area (TPSA) is 67.5 Å². The van der Waals surface area contributed by atoms with Crippen molar-refractivity contribution in [2.75, 3.05) is 5.43 Å². The molecule has 0 amide bonds. The van der Waals surface area contributed by atoms with E-state index in [0.717, 1.165) is 5.56 Å². The third-order valence-electron chi connectivity index (χ3n) is 2.40. The molecule has 3 rings (SSSR count). The van der Waals surface area contributed by atoms with Crippen LogP contribution >= 0.6 is 22.6 Å². The quantitative estimate of drug-likeness (QED) is 0.440. The second-order valence-corrected chi connectivity index (χ2v) is 5.02. The Morgan fingerprint density at radius 3 is 3.11 bits per heavy atom. The Kier molecular flexibility index (Phi) is 3.36. The second kappa shape index (κ2) is 5.31. The van der Waals surface area contributed by atoms with Crippen LogP contribution in [0.4, 0.5) is 5.82 Å². The van der Waals surface area contributed by atoms with E-state index in [0.29, 0.717) is 11.5 Å². The van der Waals surface area contributed by atoms with E-state index in [1.165, 1.54) is 3.57 Å². The molecule has 0 bridgehead atoms. The Morgan fingerprint density at radius 1 is 1.26 bits per heavy atom. The highest BCUT2D eigenvalue weighted by molar-refractivity contribution is 14.1. The van der Waals surface area contributed by atoms with E-state index in [-0.39, 0.29) is 0 Å². The highest BCUT2D eigenvalue weighted by Gasteiger charge is 1.97. The number of nitrogens with one attached hydrogen (secondary N) is 1. The molecule has 1 aromatic carbocycles. The molecule has 7 heteroatoms. The van der Waals surface area contributed by atoms with Gasteiger partial charge in [-0.2, -0.15) is 9.62 Å². The minimum absolute atomic E-state index is 0.633. The minimum atomic E-state index is 0.633. The van der Waals surface area contributed by atoms with Crippen LogP contribution in [0.3, 0.4) is 0 Å². The van der Waals surface area contributed by atoms with E-state index in [9.17, 15) is 0 Å². The van der Waals surface area contributed by atoms with Gasteiger partial charge in [-0.25, -0.2) is 0 Å². The van der Waals surface area contributed by atoms with Crippen LogP contribution in [0.25, 0.3) is 5.65 Å². The molecule has 2 aromatic heterocycles. The van der Waals surface area contributed by atoms with Crippen molar-refractivity contribution in [3.8, 4) is 0 Å². The molecule has 0 spiro atoms. The number of benzene rings is 1. The van der Waals surface area contributed by atoms with Gasteiger partial charge < -0.3 is 0 Å². The molecule has 94 valence electrons. The first-order chi connectivity index (χ1) is 9.31. The molecule has 0 atom stereocenters. The summed E-state index contributed by atoms with van der Waals surface area (Å²) < 4.78 is 2.76. The maximum Gasteiger partial charge on any atom is 0.177 e. The molecule has 0 unspecified atom stereocenters. The number of nitrogens with zero attached hydrogens (tertiary/aromatic N) is 5. The van der Waals surface area contributed by atoms with Crippen LogP contribution < -0.4 is 5.43 Å². The summed E-state index contributed by atoms with van der Waals surface area (Å²) in [6.45, 7) is 0. The Hall–Kier alpha value is -2.03. The van der Waals surface area contributed by atoms with E-state index in [1.807, 2.05) is 30.3 Å². The zero-order valence-electron chi connectivity index (χ0n) is 9.73. The Morgan fingerprint density at radius 2 is 2.21 bits per heavy atom. The highest BCUT2D eigenvalue weighted by atomic mass is 127. The number of halogens is 1. The van der Waals surface area contributed by atoms with Gasteiger partial charge in [-0.05, 0) is 52.4 Å². The summed E-state index contributed by atoms with van der Waals surface area (Å²) in [6.07, 6.45) is 3.30. The normalized spacial score (nSPS) is 11.2. The lowest BCUT2D eigenvalue weighted by molar-refractivity contribution is 0.925. The maximum atomic E-state index is 4.25. The van der Waals surface area contributed by atoms with Crippen molar-refractivity contribution in [2.45, 2.75) is 0 Å². The lowest BCUT2D eigenvalue weighted by Crippen LogP contribution is -1.98. The van der Waals surface area contributed by atoms with Crippen molar-refractivity contribution in [1.82, 2.24) is 19.8 Å². The SMILES string of the molecule is Ic1cccc(C=NNc2ccc3nncn3n2)c1. The first-order valence-corrected chi connectivity index (χ1v) is 6.61. The average Bonchev–Trinajstić information content (AvgIpc) is 2.86. The van der Waals surface area contributed by atoms with Crippen molar-refractivity contribution in [2.24, 2.45) is 5.10 Å². The van der Waals surface area contributed by atoms with Crippen LogP contribution in [0.1, 0.15) is 5.56 Å². The summed E-state index contributed by atoms with van der Waals surface area (Å²) in [5.41, 5.74) is 4.61. The summed E-state index contributed by atoms with van der Waals surface area (Å²) in [5.74, 6) is 0.633. The third-order valence-corrected chi connectivity index (χ3v) is 3.07. The van der Waals surface area contributed by atoms with Gasteiger partial charge in [0.05, 0.1) is 6.21 Å². The zero-order valence-corrected chi connectivity index (χ0v) is 11.9. The van der Waals surface area contributed by atoms with Crippen molar-refractivity contribution >= 4 is 40.3 Å². The molecule has 0 saturated carbocycles. The van der Waals surface area contributed by atoms with Crippen LogP contribution in [0.15, 0.2) is 47.8 Å². The molecule has 1 N–H and O–H groups in total. The van der Waals surface area contributed by atoms with Crippen molar-refractivity contribution in [3.63, 3.8) is 0 Å². The second-order valence-electron chi connectivity index (χ2n) is 3.78. The van der Waals surface area contributed by atoms with Gasteiger partial charge in [0.25, 0.3) is 0 Å². The molecule has 0 aliphatic carbocycles.